The van der Waals surface area contributed by atoms with Crippen LogP contribution in [0.5, 0.6) is 0 Å². The highest BCUT2D eigenvalue weighted by Gasteiger charge is 2.38. The first kappa shape index (κ1) is 14.7. The Morgan fingerprint density at radius 1 is 1.26 bits per heavy atom. The second-order valence-corrected chi connectivity index (χ2v) is 8.07. The molecule has 2 atom stereocenters. The van der Waals surface area contributed by atoms with Gasteiger partial charge in [-0.05, 0) is 31.8 Å². The molecule has 1 fully saturated rings. The van der Waals surface area contributed by atoms with Crippen molar-refractivity contribution in [2.45, 2.75) is 12.1 Å². The monoisotopic (exact) mass is 344 g/mol. The van der Waals surface area contributed by atoms with E-state index in [9.17, 15) is 8.42 Å². The second-order valence-electron chi connectivity index (χ2n) is 5.00. The van der Waals surface area contributed by atoms with Crippen LogP contribution in [0.2, 0.25) is 0 Å². The molecule has 1 aromatic rings. The van der Waals surface area contributed by atoms with Crippen LogP contribution in [0.3, 0.4) is 0 Å². The van der Waals surface area contributed by atoms with Crippen molar-refractivity contribution in [3.8, 4) is 0 Å². The average molecular weight is 345 g/mol. The summed E-state index contributed by atoms with van der Waals surface area (Å²) in [5.74, 6) is 0.339. The fourth-order valence-corrected chi connectivity index (χ4v) is 4.45. The van der Waals surface area contributed by atoms with Crippen LogP contribution in [0, 0.1) is 0 Å². The minimum atomic E-state index is -2.96. The van der Waals surface area contributed by atoms with Crippen LogP contribution in [0.1, 0.15) is 5.56 Å². The number of hydrogen-bond donors (Lipinski definition) is 0. The molecule has 0 saturated carbocycles. The summed E-state index contributed by atoms with van der Waals surface area (Å²) < 4.78 is 24.4. The lowest BCUT2D eigenvalue weighted by Crippen LogP contribution is -2.37. The normalized spacial score (nSPS) is 26.3. The Morgan fingerprint density at radius 3 is 2.47 bits per heavy atom. The lowest BCUT2D eigenvalue weighted by atomic mass is 10.1. The molecular formula is C13H17BrN2O2S. The third-order valence-electron chi connectivity index (χ3n) is 3.24. The Hall–Kier alpha value is -0.720. The maximum absolute atomic E-state index is 11.7. The van der Waals surface area contributed by atoms with Crippen molar-refractivity contribution < 1.29 is 8.42 Å². The summed E-state index contributed by atoms with van der Waals surface area (Å²) >= 11 is 3.38. The van der Waals surface area contributed by atoms with E-state index in [-0.39, 0.29) is 23.6 Å². The molecule has 0 radical (unpaired) electrons. The Morgan fingerprint density at radius 2 is 1.89 bits per heavy atom. The Balaban J connectivity index is 2.15. The van der Waals surface area contributed by atoms with E-state index in [0.717, 1.165) is 10.0 Å². The van der Waals surface area contributed by atoms with Crippen LogP contribution in [-0.4, -0.2) is 57.2 Å². The van der Waals surface area contributed by atoms with Crippen LogP contribution in [-0.2, 0) is 9.84 Å². The van der Waals surface area contributed by atoms with Gasteiger partial charge in [-0.3, -0.25) is 4.99 Å². The molecule has 0 N–H and O–H groups in total. The SMILES string of the molecule is CN(C)[C@H]1CS(=O)(=O)C[C@H]1N=Cc1ccc(Br)cc1. The van der Waals surface area contributed by atoms with Gasteiger partial charge in [-0.2, -0.15) is 0 Å². The molecule has 6 heteroatoms. The molecule has 1 aliphatic heterocycles. The number of sulfone groups is 1. The van der Waals surface area contributed by atoms with Crippen molar-refractivity contribution in [2.75, 3.05) is 25.6 Å². The molecule has 104 valence electrons. The number of likely N-dealkylation sites (N-methyl/N-ethyl adjacent to an activating group) is 1. The van der Waals surface area contributed by atoms with Crippen molar-refractivity contribution in [1.29, 1.82) is 0 Å². The van der Waals surface area contributed by atoms with E-state index in [1.54, 1.807) is 6.21 Å². The number of hydrogen-bond acceptors (Lipinski definition) is 4. The van der Waals surface area contributed by atoms with Crippen LogP contribution in [0.15, 0.2) is 33.7 Å². The highest BCUT2D eigenvalue weighted by molar-refractivity contribution is 9.10. The van der Waals surface area contributed by atoms with Gasteiger partial charge in [0.1, 0.15) is 0 Å². The van der Waals surface area contributed by atoms with Gasteiger partial charge in [-0.15, -0.1) is 0 Å². The van der Waals surface area contributed by atoms with Gasteiger partial charge in [0.15, 0.2) is 9.84 Å². The van der Waals surface area contributed by atoms with Crippen molar-refractivity contribution >= 4 is 32.0 Å². The van der Waals surface area contributed by atoms with Gasteiger partial charge >= 0.3 is 0 Å². The molecule has 0 spiro atoms. The van der Waals surface area contributed by atoms with Crippen molar-refractivity contribution in [2.24, 2.45) is 4.99 Å². The van der Waals surface area contributed by atoms with Crippen molar-refractivity contribution in [1.82, 2.24) is 4.90 Å². The van der Waals surface area contributed by atoms with E-state index < -0.39 is 9.84 Å². The summed E-state index contributed by atoms with van der Waals surface area (Å²) in [7, 11) is 0.829. The zero-order valence-corrected chi connectivity index (χ0v) is 13.4. The standard InChI is InChI=1S/C13H17BrN2O2S/c1-16(2)13-9-19(17,18)8-12(13)15-7-10-3-5-11(14)6-4-10/h3-7,12-13H,8-9H2,1-2H3/t12-,13+/m1/s1. The zero-order chi connectivity index (χ0) is 14.0. The molecular weight excluding hydrogens is 328 g/mol. The number of nitrogens with zero attached hydrogens (tertiary/aromatic N) is 2. The summed E-state index contributed by atoms with van der Waals surface area (Å²) in [6, 6.07) is 7.57. The molecule has 1 aliphatic rings. The largest absolute Gasteiger partial charge is 0.303 e. The number of halogens is 1. The molecule has 0 bridgehead atoms. The predicted octanol–water partition coefficient (Wildman–Crippen LogP) is 1.60. The van der Waals surface area contributed by atoms with Crippen LogP contribution >= 0.6 is 15.9 Å². The van der Waals surface area contributed by atoms with Crippen LogP contribution < -0.4 is 0 Å². The van der Waals surface area contributed by atoms with Gasteiger partial charge in [-0.1, -0.05) is 28.1 Å². The van der Waals surface area contributed by atoms with Crippen LogP contribution in [0.4, 0.5) is 0 Å². The van der Waals surface area contributed by atoms with Crippen molar-refractivity contribution in [3.05, 3.63) is 34.3 Å². The minimum Gasteiger partial charge on any atom is -0.303 e. The predicted molar refractivity (Wildman–Crippen MR) is 81.7 cm³/mol. The summed E-state index contributed by atoms with van der Waals surface area (Å²) in [5.41, 5.74) is 0.977. The fourth-order valence-electron chi connectivity index (χ4n) is 2.18. The molecule has 1 heterocycles. The third kappa shape index (κ3) is 3.87. The molecule has 1 saturated heterocycles. The first-order valence-electron chi connectivity index (χ1n) is 6.03. The number of aliphatic imine (C=N–C) groups is 1. The van der Waals surface area contributed by atoms with E-state index in [0.29, 0.717) is 0 Å². The summed E-state index contributed by atoms with van der Waals surface area (Å²) in [6.07, 6.45) is 1.76. The summed E-state index contributed by atoms with van der Waals surface area (Å²) in [6.45, 7) is 0. The molecule has 0 aromatic heterocycles. The second kappa shape index (κ2) is 5.73. The van der Waals surface area contributed by atoms with Gasteiger partial charge in [0.2, 0.25) is 0 Å². The number of benzene rings is 1. The zero-order valence-electron chi connectivity index (χ0n) is 11.0. The van der Waals surface area contributed by atoms with Crippen molar-refractivity contribution in [3.63, 3.8) is 0 Å². The Labute approximate surface area is 122 Å². The summed E-state index contributed by atoms with van der Waals surface area (Å²) in [5, 5.41) is 0. The van der Waals surface area contributed by atoms with E-state index in [1.165, 1.54) is 0 Å². The van der Waals surface area contributed by atoms with Gasteiger partial charge in [0.05, 0.1) is 17.5 Å². The minimum absolute atomic E-state index is 0.0308. The molecule has 1 aromatic carbocycles. The highest BCUT2D eigenvalue weighted by atomic mass is 79.9. The first-order valence-corrected chi connectivity index (χ1v) is 8.64. The highest BCUT2D eigenvalue weighted by Crippen LogP contribution is 2.19. The van der Waals surface area contributed by atoms with Gasteiger partial charge in [0, 0.05) is 16.7 Å². The molecule has 0 unspecified atom stereocenters. The Kier molecular flexibility index (Phi) is 4.43. The maximum Gasteiger partial charge on any atom is 0.154 e. The molecule has 0 amide bonds. The third-order valence-corrected chi connectivity index (χ3v) is 5.47. The average Bonchev–Trinajstić information content (AvgIpc) is 2.64. The first-order chi connectivity index (χ1) is 8.87. The molecule has 2 rings (SSSR count). The lowest BCUT2D eigenvalue weighted by molar-refractivity contribution is 0.297. The molecule has 4 nitrogen and oxygen atoms in total. The molecule has 19 heavy (non-hydrogen) atoms. The van der Waals surface area contributed by atoms with E-state index in [2.05, 4.69) is 20.9 Å². The lowest BCUT2D eigenvalue weighted by Gasteiger charge is -2.21. The smallest absolute Gasteiger partial charge is 0.154 e. The van der Waals surface area contributed by atoms with Gasteiger partial charge < -0.3 is 4.90 Å². The van der Waals surface area contributed by atoms with E-state index >= 15 is 0 Å². The maximum atomic E-state index is 11.7. The summed E-state index contributed by atoms with van der Waals surface area (Å²) in [4.78, 5) is 6.40. The van der Waals surface area contributed by atoms with E-state index in [4.69, 9.17) is 0 Å². The Bertz CT molecular complexity index is 567. The van der Waals surface area contributed by atoms with Gasteiger partial charge in [0.25, 0.3) is 0 Å². The fraction of sp³-hybridized carbons (Fsp3) is 0.462. The number of rotatable bonds is 3. The van der Waals surface area contributed by atoms with Crippen LogP contribution in [0.25, 0.3) is 0 Å². The quantitative estimate of drug-likeness (QED) is 0.782. The molecule has 0 aliphatic carbocycles. The van der Waals surface area contributed by atoms with E-state index in [1.807, 2.05) is 43.3 Å². The topological polar surface area (TPSA) is 49.7 Å². The van der Waals surface area contributed by atoms with Gasteiger partial charge in [-0.25, -0.2) is 8.42 Å².